The summed E-state index contributed by atoms with van der Waals surface area (Å²) in [5.74, 6) is 2.78. The fourth-order valence-corrected chi connectivity index (χ4v) is 13.8. The number of carbonyl (C=O) groups excluding carboxylic acids is 1. The molecule has 0 radical (unpaired) electrons. The number of rotatable bonds is 13. The Balaban J connectivity index is 2.43. The molecule has 0 spiro atoms. The van der Waals surface area contributed by atoms with Gasteiger partial charge < -0.3 is 43.4 Å². The molecular formula is C44H72N4O9Si3. The number of aliphatic hydroxyl groups is 3. The molecule has 3 rings (SSSR count). The van der Waals surface area contributed by atoms with Crippen molar-refractivity contribution in [3.8, 4) is 11.8 Å². The third-order valence-corrected chi connectivity index (χ3v) is 26.0. The maximum Gasteiger partial charge on any atom is 0.409 e. The van der Waals surface area contributed by atoms with Crippen molar-refractivity contribution in [3.63, 3.8) is 0 Å². The van der Waals surface area contributed by atoms with E-state index in [1.807, 2.05) is 36.4 Å². The van der Waals surface area contributed by atoms with E-state index in [1.165, 1.54) is 0 Å². The molecule has 1 heterocycles. The minimum Gasteiger partial charge on any atom is -0.444 e. The average molecular weight is 885 g/mol. The lowest BCUT2D eigenvalue weighted by Crippen LogP contribution is -2.71. The lowest BCUT2D eigenvalue weighted by molar-refractivity contribution is -0.279. The lowest BCUT2D eigenvalue weighted by Gasteiger charge is -2.54. The number of alkyl carbamates (subject to hydrolysis) is 1. The van der Waals surface area contributed by atoms with Gasteiger partial charge in [-0.2, -0.15) is 0 Å². The van der Waals surface area contributed by atoms with Gasteiger partial charge in [0, 0.05) is 4.91 Å². The summed E-state index contributed by atoms with van der Waals surface area (Å²) in [6.45, 7) is 30.6. The van der Waals surface area contributed by atoms with Gasteiger partial charge in [0.05, 0.1) is 32.0 Å². The van der Waals surface area contributed by atoms with Gasteiger partial charge in [0.25, 0.3) is 8.32 Å². The van der Waals surface area contributed by atoms with E-state index in [1.54, 1.807) is 20.8 Å². The fourth-order valence-electron chi connectivity index (χ4n) is 6.64. The van der Waals surface area contributed by atoms with Crippen LogP contribution in [0.25, 0.3) is 10.4 Å². The van der Waals surface area contributed by atoms with E-state index < -0.39 is 90.6 Å². The Morgan fingerprint density at radius 2 is 1.25 bits per heavy atom. The summed E-state index contributed by atoms with van der Waals surface area (Å²) in [6, 6.07) is 18.7. The van der Waals surface area contributed by atoms with Crippen molar-refractivity contribution < 1.29 is 42.9 Å². The van der Waals surface area contributed by atoms with Crippen LogP contribution in [0.3, 0.4) is 0 Å². The minimum atomic E-state index is -3.22. The summed E-state index contributed by atoms with van der Waals surface area (Å²) in [5.41, 5.74) is 7.22. The molecule has 5 atom stereocenters. The zero-order chi connectivity index (χ0) is 45.8. The van der Waals surface area contributed by atoms with E-state index in [0.717, 1.165) is 10.4 Å². The van der Waals surface area contributed by atoms with E-state index in [9.17, 15) is 25.6 Å². The molecule has 2 aromatic carbocycles. The summed E-state index contributed by atoms with van der Waals surface area (Å²) < 4.78 is 34.1. The van der Waals surface area contributed by atoms with Gasteiger partial charge in [-0.25, -0.2) is 4.79 Å². The predicted molar refractivity (Wildman–Crippen MR) is 245 cm³/mol. The van der Waals surface area contributed by atoms with E-state index in [-0.39, 0.29) is 16.7 Å². The van der Waals surface area contributed by atoms with Crippen LogP contribution in [0, 0.1) is 11.8 Å². The molecular weight excluding hydrogens is 813 g/mol. The molecule has 0 saturated carbocycles. The van der Waals surface area contributed by atoms with Crippen LogP contribution in [-0.4, -0.2) is 107 Å². The molecule has 334 valence electrons. The van der Waals surface area contributed by atoms with Crippen molar-refractivity contribution in [2.24, 2.45) is 5.11 Å². The molecule has 0 bridgehead atoms. The van der Waals surface area contributed by atoms with Crippen LogP contribution in [0.1, 0.15) is 83.1 Å². The molecule has 60 heavy (non-hydrogen) atoms. The predicted octanol–water partition coefficient (Wildman–Crippen LogP) is 7.36. The maximum absolute atomic E-state index is 13.0. The Bertz CT molecular complexity index is 1810. The first-order valence-electron chi connectivity index (χ1n) is 20.7. The molecule has 1 aliphatic heterocycles. The zero-order valence-electron chi connectivity index (χ0n) is 38.8. The van der Waals surface area contributed by atoms with Crippen molar-refractivity contribution in [1.82, 2.24) is 5.32 Å². The summed E-state index contributed by atoms with van der Waals surface area (Å²) in [6.07, 6.45) is -4.08. The lowest BCUT2D eigenvalue weighted by atomic mass is 9.90. The second kappa shape index (κ2) is 18.7. The number of aliphatic hydroxyl groups excluding tert-OH is 2. The topological polar surface area (TPSA) is 185 Å². The van der Waals surface area contributed by atoms with Gasteiger partial charge in [-0.05, 0) is 83.9 Å². The highest BCUT2D eigenvalue weighted by molar-refractivity contribution is 6.99. The number of ether oxygens (including phenoxy) is 2. The van der Waals surface area contributed by atoms with Gasteiger partial charge in [-0.3, -0.25) is 0 Å². The molecule has 1 fully saturated rings. The second-order valence-electron chi connectivity index (χ2n) is 20.9. The van der Waals surface area contributed by atoms with Gasteiger partial charge in [0.1, 0.15) is 17.7 Å². The van der Waals surface area contributed by atoms with E-state index in [0.29, 0.717) is 0 Å². The summed E-state index contributed by atoms with van der Waals surface area (Å²) in [5, 5.41) is 41.6. The summed E-state index contributed by atoms with van der Waals surface area (Å²) >= 11 is 0. The number of carbonyl (C=O) groups is 1. The van der Waals surface area contributed by atoms with Crippen LogP contribution >= 0.6 is 0 Å². The van der Waals surface area contributed by atoms with Crippen molar-refractivity contribution in [2.75, 3.05) is 19.8 Å². The molecule has 1 saturated heterocycles. The van der Waals surface area contributed by atoms with Gasteiger partial charge in [-0.15, -0.1) is 0 Å². The molecule has 13 nitrogen and oxygen atoms in total. The molecule has 16 heteroatoms. The van der Waals surface area contributed by atoms with E-state index in [2.05, 4.69) is 140 Å². The average Bonchev–Trinajstić information content (AvgIpc) is 3.12. The Morgan fingerprint density at radius 1 is 0.800 bits per heavy atom. The van der Waals surface area contributed by atoms with Crippen molar-refractivity contribution >= 4 is 41.4 Å². The third-order valence-electron chi connectivity index (χ3n) is 12.0. The Labute approximate surface area is 361 Å². The smallest absolute Gasteiger partial charge is 0.409 e. The van der Waals surface area contributed by atoms with Crippen LogP contribution < -0.4 is 15.7 Å². The largest absolute Gasteiger partial charge is 0.444 e. The highest BCUT2D eigenvalue weighted by atomic mass is 28.4. The molecule has 1 aliphatic rings. The van der Waals surface area contributed by atoms with Gasteiger partial charge in [-0.1, -0.05) is 134 Å². The first kappa shape index (κ1) is 51.3. The summed E-state index contributed by atoms with van der Waals surface area (Å²) in [4.78, 5) is 16.1. The number of hydrogen-bond donors (Lipinski definition) is 4. The second-order valence-corrected chi connectivity index (χ2v) is 34.8. The van der Waals surface area contributed by atoms with Crippen LogP contribution in [0.5, 0.6) is 0 Å². The van der Waals surface area contributed by atoms with Crippen molar-refractivity contribution in [1.29, 1.82) is 0 Å². The number of azide groups is 1. The maximum atomic E-state index is 13.0. The van der Waals surface area contributed by atoms with Crippen LogP contribution in [0.15, 0.2) is 65.8 Å². The highest BCUT2D eigenvalue weighted by Gasteiger charge is 2.60. The zero-order valence-corrected chi connectivity index (χ0v) is 41.8. The number of nitrogens with zero attached hydrogens (tertiary/aromatic N) is 3. The Kier molecular flexibility index (Phi) is 16.0. The first-order chi connectivity index (χ1) is 27.3. The van der Waals surface area contributed by atoms with Crippen LogP contribution in [0.2, 0.25) is 41.3 Å². The monoisotopic (exact) mass is 884 g/mol. The minimum absolute atomic E-state index is 0.0990. The highest BCUT2D eigenvalue weighted by Crippen LogP contribution is 2.46. The summed E-state index contributed by atoms with van der Waals surface area (Å²) in [7, 11) is -8.70. The molecule has 0 unspecified atom stereocenters. The normalized spacial score (nSPS) is 22.2. The number of nitrogens with one attached hydrogen (secondary N) is 1. The van der Waals surface area contributed by atoms with Crippen LogP contribution in [0.4, 0.5) is 4.79 Å². The quantitative estimate of drug-likeness (QED) is 0.0525. The van der Waals surface area contributed by atoms with Crippen molar-refractivity contribution in [2.45, 2.75) is 166 Å². The standard InChI is InChI=1S/C44H72N4O9Si3/c1-39(2,3)55-38(51)46-43(30-49,31-50)27-28-44(52)37(47-48-45)36(57-59(15,16)41(7,8)9)35(56-58(13,14)40(4,5)6)34(54-44)29-53-60(42(10,11)12,32-23-19-17-20-24-32)33-25-21-18-22-26-33/h17-26,34-37,49-50,52H,29-31H2,1-16H3,(H,46,51)/t34-,35+,36+,37-,44+/m1/s1. The fraction of sp³-hybridized carbons (Fsp3) is 0.659. The number of hydrogen-bond acceptors (Lipinski definition) is 10. The van der Waals surface area contributed by atoms with E-state index in [4.69, 9.17) is 22.8 Å². The molecule has 4 N–H and O–H groups in total. The first-order valence-corrected chi connectivity index (χ1v) is 28.4. The Morgan fingerprint density at radius 3 is 1.63 bits per heavy atom. The van der Waals surface area contributed by atoms with Crippen LogP contribution in [-0.2, 0) is 22.8 Å². The van der Waals surface area contributed by atoms with Gasteiger partial charge >= 0.3 is 6.09 Å². The van der Waals surface area contributed by atoms with Gasteiger partial charge in [0.2, 0.25) is 5.79 Å². The SMILES string of the molecule is CC(C)(C)OC(=O)NC(C#C[C@]1(O)O[C@H](CO[Si](c2ccccc2)(c2ccccc2)C(C)(C)C)[C@H](O[Si](C)(C)C(C)(C)C)[C@H](O[Si](C)(C)C(C)(C)C)[C@H]1N=[N+]=[N-])(CO)CO. The van der Waals surface area contributed by atoms with Crippen molar-refractivity contribution in [3.05, 3.63) is 71.1 Å². The molecule has 0 aliphatic carbocycles. The number of amides is 1. The molecule has 1 amide bonds. The Hall–Kier alpha value is -3.05. The number of benzene rings is 2. The van der Waals surface area contributed by atoms with E-state index >= 15 is 0 Å². The van der Waals surface area contributed by atoms with Gasteiger partial charge in [0.15, 0.2) is 22.2 Å². The third kappa shape index (κ3) is 11.7. The molecule has 2 aromatic rings. The molecule has 0 aromatic heterocycles.